The van der Waals surface area contributed by atoms with Gasteiger partial charge in [0.1, 0.15) is 11.5 Å². The van der Waals surface area contributed by atoms with Gasteiger partial charge in [-0.1, -0.05) is 6.07 Å². The fourth-order valence-electron chi connectivity index (χ4n) is 4.09. The van der Waals surface area contributed by atoms with Crippen molar-refractivity contribution in [1.29, 1.82) is 0 Å². The van der Waals surface area contributed by atoms with Gasteiger partial charge in [-0.25, -0.2) is 4.98 Å². The smallest absolute Gasteiger partial charge is 0.303 e. The third kappa shape index (κ3) is 5.51. The Kier molecular flexibility index (Phi) is 6.93. The summed E-state index contributed by atoms with van der Waals surface area (Å²) in [7, 11) is 1.58. The molecule has 1 aliphatic rings. The lowest BCUT2D eigenvalue weighted by atomic mass is 9.98. The van der Waals surface area contributed by atoms with E-state index in [1.165, 1.54) is 16.9 Å². The summed E-state index contributed by atoms with van der Waals surface area (Å²) in [5.41, 5.74) is 3.73. The van der Waals surface area contributed by atoms with Crippen LogP contribution in [0.2, 0.25) is 0 Å². The molecular weight excluding hydrogens is 440 g/mol. The van der Waals surface area contributed by atoms with Gasteiger partial charge in [-0.3, -0.25) is 14.9 Å². The summed E-state index contributed by atoms with van der Waals surface area (Å²) in [4.78, 5) is 29.1. The predicted molar refractivity (Wildman–Crippen MR) is 127 cm³/mol. The highest BCUT2D eigenvalue weighted by molar-refractivity contribution is 7.15. The molecule has 0 saturated heterocycles. The van der Waals surface area contributed by atoms with E-state index in [0.29, 0.717) is 29.5 Å². The van der Waals surface area contributed by atoms with E-state index in [0.717, 1.165) is 34.7 Å². The Morgan fingerprint density at radius 3 is 2.67 bits per heavy atom. The van der Waals surface area contributed by atoms with Gasteiger partial charge in [0, 0.05) is 16.9 Å². The number of aromatic nitrogens is 1. The molecule has 7 nitrogen and oxygen atoms in total. The van der Waals surface area contributed by atoms with Crippen molar-refractivity contribution in [3.63, 3.8) is 0 Å². The van der Waals surface area contributed by atoms with E-state index >= 15 is 0 Å². The SMILES string of the molecule is COc1ccc(C(=O)Nc2nc(CCOc3ccc4c(c3)CCC4CC(=O)O)c(C)s2)cc1. The first-order chi connectivity index (χ1) is 15.9. The maximum absolute atomic E-state index is 12.5. The molecule has 8 heteroatoms. The van der Waals surface area contributed by atoms with Gasteiger partial charge in [-0.15, -0.1) is 11.3 Å². The normalized spacial score (nSPS) is 14.5. The van der Waals surface area contributed by atoms with Gasteiger partial charge in [0.15, 0.2) is 5.13 Å². The molecule has 4 rings (SSSR count). The van der Waals surface area contributed by atoms with Crippen LogP contribution in [0.15, 0.2) is 42.5 Å². The number of carbonyl (C=O) groups is 2. The van der Waals surface area contributed by atoms with E-state index in [9.17, 15) is 9.59 Å². The zero-order valence-corrected chi connectivity index (χ0v) is 19.4. The van der Waals surface area contributed by atoms with Crippen LogP contribution in [0.3, 0.4) is 0 Å². The lowest BCUT2D eigenvalue weighted by molar-refractivity contribution is -0.137. The van der Waals surface area contributed by atoms with Crippen molar-refractivity contribution < 1.29 is 24.2 Å². The highest BCUT2D eigenvalue weighted by atomic mass is 32.1. The second-order valence-corrected chi connectivity index (χ2v) is 9.20. The predicted octanol–water partition coefficient (Wildman–Crippen LogP) is 4.84. The molecule has 33 heavy (non-hydrogen) atoms. The monoisotopic (exact) mass is 466 g/mol. The third-order valence-electron chi connectivity index (χ3n) is 5.81. The van der Waals surface area contributed by atoms with Crippen LogP contribution in [-0.2, 0) is 17.6 Å². The van der Waals surface area contributed by atoms with E-state index in [4.69, 9.17) is 14.6 Å². The van der Waals surface area contributed by atoms with E-state index in [1.54, 1.807) is 31.4 Å². The summed E-state index contributed by atoms with van der Waals surface area (Å²) < 4.78 is 11.1. The molecule has 0 saturated carbocycles. The number of nitrogens with one attached hydrogen (secondary N) is 1. The number of aryl methyl sites for hydroxylation is 2. The number of thiazole rings is 1. The topological polar surface area (TPSA) is 97.8 Å². The first-order valence-electron chi connectivity index (χ1n) is 10.8. The second kappa shape index (κ2) is 10.0. The Hall–Kier alpha value is -3.39. The number of methoxy groups -OCH3 is 1. The number of amides is 1. The maximum atomic E-state index is 12.5. The highest BCUT2D eigenvalue weighted by Gasteiger charge is 2.25. The fraction of sp³-hybridized carbons (Fsp3) is 0.320. The quantitative estimate of drug-likeness (QED) is 0.468. The van der Waals surface area contributed by atoms with Gasteiger partial charge in [-0.2, -0.15) is 0 Å². The molecule has 1 aromatic heterocycles. The molecule has 0 aliphatic heterocycles. The van der Waals surface area contributed by atoms with Crippen LogP contribution in [0.1, 0.15) is 50.8 Å². The lowest BCUT2D eigenvalue weighted by Gasteiger charge is -2.10. The minimum absolute atomic E-state index is 0.0933. The van der Waals surface area contributed by atoms with Crippen molar-refractivity contribution in [3.05, 3.63) is 69.7 Å². The Bertz CT molecular complexity index is 1160. The first-order valence-corrected chi connectivity index (χ1v) is 11.6. The number of anilines is 1. The Morgan fingerprint density at radius 2 is 1.94 bits per heavy atom. The molecule has 0 spiro atoms. The van der Waals surface area contributed by atoms with Gasteiger partial charge in [-0.05, 0) is 73.2 Å². The second-order valence-electron chi connectivity index (χ2n) is 8.00. The van der Waals surface area contributed by atoms with E-state index in [1.807, 2.05) is 25.1 Å². The Morgan fingerprint density at radius 1 is 1.18 bits per heavy atom. The maximum Gasteiger partial charge on any atom is 0.303 e. The Balaban J connectivity index is 1.31. The number of rotatable bonds is 9. The van der Waals surface area contributed by atoms with E-state index in [2.05, 4.69) is 10.3 Å². The van der Waals surface area contributed by atoms with Crippen molar-refractivity contribution in [2.45, 2.75) is 38.5 Å². The molecule has 1 heterocycles. The van der Waals surface area contributed by atoms with Gasteiger partial charge in [0.05, 0.1) is 25.8 Å². The van der Waals surface area contributed by atoms with E-state index in [-0.39, 0.29) is 18.2 Å². The molecule has 2 N–H and O–H groups in total. The van der Waals surface area contributed by atoms with Gasteiger partial charge in [0.25, 0.3) is 5.91 Å². The van der Waals surface area contributed by atoms with Gasteiger partial charge >= 0.3 is 5.97 Å². The average Bonchev–Trinajstić information content (AvgIpc) is 3.35. The molecule has 172 valence electrons. The highest BCUT2D eigenvalue weighted by Crippen LogP contribution is 2.37. The largest absolute Gasteiger partial charge is 0.497 e. The molecule has 1 unspecified atom stereocenters. The standard InChI is InChI=1S/C25H26N2O5S/c1-15-22(26-25(33-15)27-24(30)16-5-7-19(31-2)8-6-16)11-12-32-20-9-10-21-17(13-20)3-4-18(21)14-23(28)29/h5-10,13,18H,3-4,11-12,14H2,1-2H3,(H,28,29)(H,26,27,30). The number of aliphatic carboxylic acids is 1. The van der Waals surface area contributed by atoms with Crippen molar-refractivity contribution in [3.8, 4) is 11.5 Å². The summed E-state index contributed by atoms with van der Waals surface area (Å²) in [6, 6.07) is 12.8. The molecule has 0 bridgehead atoms. The fourth-order valence-corrected chi connectivity index (χ4v) is 4.94. The van der Waals surface area contributed by atoms with Crippen molar-refractivity contribution in [2.75, 3.05) is 19.0 Å². The van der Waals surface area contributed by atoms with Crippen LogP contribution in [0.4, 0.5) is 5.13 Å². The molecule has 2 aromatic carbocycles. The number of nitrogens with zero attached hydrogens (tertiary/aromatic N) is 1. The van der Waals surface area contributed by atoms with Crippen molar-refractivity contribution in [1.82, 2.24) is 4.98 Å². The summed E-state index contributed by atoms with van der Waals surface area (Å²) in [5.74, 6) is 0.601. The molecule has 0 radical (unpaired) electrons. The summed E-state index contributed by atoms with van der Waals surface area (Å²) in [6.45, 7) is 2.45. The van der Waals surface area contributed by atoms with Gasteiger partial charge < -0.3 is 14.6 Å². The molecule has 0 fully saturated rings. The minimum Gasteiger partial charge on any atom is -0.497 e. The average molecular weight is 467 g/mol. The number of hydrogen-bond donors (Lipinski definition) is 2. The molecule has 1 amide bonds. The van der Waals surface area contributed by atoms with Crippen LogP contribution in [-0.4, -0.2) is 35.7 Å². The van der Waals surface area contributed by atoms with Crippen LogP contribution >= 0.6 is 11.3 Å². The number of hydrogen-bond acceptors (Lipinski definition) is 6. The van der Waals surface area contributed by atoms with Crippen molar-refractivity contribution in [2.24, 2.45) is 0 Å². The zero-order chi connectivity index (χ0) is 23.4. The van der Waals surface area contributed by atoms with Crippen molar-refractivity contribution >= 4 is 28.3 Å². The van der Waals surface area contributed by atoms with Crippen LogP contribution in [0.5, 0.6) is 11.5 Å². The van der Waals surface area contributed by atoms with Crippen LogP contribution in [0.25, 0.3) is 0 Å². The number of carboxylic acid groups (broad SMARTS) is 1. The first kappa shape index (κ1) is 22.8. The summed E-state index contributed by atoms with van der Waals surface area (Å²) in [5, 5.41) is 12.5. The zero-order valence-electron chi connectivity index (χ0n) is 18.6. The number of fused-ring (bicyclic) bond motifs is 1. The third-order valence-corrected chi connectivity index (χ3v) is 6.74. The summed E-state index contributed by atoms with van der Waals surface area (Å²) in [6.07, 6.45) is 2.55. The number of benzene rings is 2. The number of ether oxygens (including phenoxy) is 2. The summed E-state index contributed by atoms with van der Waals surface area (Å²) >= 11 is 1.44. The Labute approximate surface area is 196 Å². The molecular formula is C25H26N2O5S. The number of carbonyl (C=O) groups excluding carboxylic acids is 1. The molecule has 3 aromatic rings. The number of carboxylic acids is 1. The van der Waals surface area contributed by atoms with Crippen LogP contribution < -0.4 is 14.8 Å². The molecule has 1 atom stereocenters. The molecule has 1 aliphatic carbocycles. The lowest BCUT2D eigenvalue weighted by Crippen LogP contribution is -2.11. The van der Waals surface area contributed by atoms with E-state index < -0.39 is 5.97 Å². The minimum atomic E-state index is -0.758. The van der Waals surface area contributed by atoms with Crippen LogP contribution in [0, 0.1) is 6.92 Å². The van der Waals surface area contributed by atoms with Gasteiger partial charge in [0.2, 0.25) is 0 Å².